The number of carbonyl (C=O) groups excluding carboxylic acids is 1. The van der Waals surface area contributed by atoms with Gasteiger partial charge in [0.15, 0.2) is 5.66 Å². The first-order valence-corrected chi connectivity index (χ1v) is 8.07. The zero-order valence-electron chi connectivity index (χ0n) is 13.6. The Morgan fingerprint density at radius 2 is 2.17 bits per heavy atom. The highest BCUT2D eigenvalue weighted by Crippen LogP contribution is 2.36. The number of hydrogen-bond donors (Lipinski definition) is 1. The predicted octanol–water partition coefficient (Wildman–Crippen LogP) is 2.15. The Balaban J connectivity index is 1.48. The molecule has 1 atom stereocenters. The smallest absolute Gasteiger partial charge is 0.224 e. The number of carbonyl (C=O) groups is 1. The molecule has 7 heteroatoms. The molecule has 1 unspecified atom stereocenters. The second-order valence-electron chi connectivity index (χ2n) is 6.09. The van der Waals surface area contributed by atoms with Crippen LogP contribution in [0.3, 0.4) is 0 Å². The summed E-state index contributed by atoms with van der Waals surface area (Å²) in [6, 6.07) is 7.71. The molecule has 1 amide bonds. The topological polar surface area (TPSA) is 84.5 Å². The van der Waals surface area contributed by atoms with Crippen LogP contribution in [0.25, 0.3) is 11.0 Å². The lowest BCUT2D eigenvalue weighted by Gasteiger charge is -2.14. The van der Waals surface area contributed by atoms with Crippen molar-refractivity contribution in [3.05, 3.63) is 24.3 Å². The summed E-state index contributed by atoms with van der Waals surface area (Å²) >= 11 is 0. The monoisotopic (exact) mass is 324 g/mol. The zero-order chi connectivity index (χ0) is 17.0. The van der Waals surface area contributed by atoms with Crippen molar-refractivity contribution in [2.75, 3.05) is 6.54 Å². The maximum atomic E-state index is 12.3. The summed E-state index contributed by atoms with van der Waals surface area (Å²) in [6.45, 7) is 2.91. The average Bonchev–Trinajstić information content (AvgIpc) is 3.25. The van der Waals surface area contributed by atoms with Crippen LogP contribution < -0.4 is 5.32 Å². The summed E-state index contributed by atoms with van der Waals surface area (Å²) in [6.07, 6.45) is 7.36. The third-order valence-electron chi connectivity index (χ3n) is 4.19. The average molecular weight is 324 g/mol. The number of amides is 1. The Hall–Kier alpha value is -2.75. The quantitative estimate of drug-likeness (QED) is 0.755. The van der Waals surface area contributed by atoms with Crippen LogP contribution in [0.15, 0.2) is 34.5 Å². The molecule has 0 bridgehead atoms. The lowest BCUT2D eigenvalue weighted by atomic mass is 10.0. The number of nitrogens with zero attached hydrogens (tertiary/aromatic N) is 5. The summed E-state index contributed by atoms with van der Waals surface area (Å²) in [4.78, 5) is 12.3. The molecule has 0 saturated heterocycles. The number of fused-ring (bicyclic) bond motifs is 1. The van der Waals surface area contributed by atoms with Gasteiger partial charge in [0.05, 0.1) is 18.0 Å². The molecular weight excluding hydrogens is 304 g/mol. The maximum Gasteiger partial charge on any atom is 0.224 e. The van der Waals surface area contributed by atoms with Crippen molar-refractivity contribution < 1.29 is 4.79 Å². The van der Waals surface area contributed by atoms with Gasteiger partial charge in [-0.3, -0.25) is 4.79 Å². The minimum Gasteiger partial charge on any atom is -0.356 e. The predicted molar refractivity (Wildman–Crippen MR) is 90.0 cm³/mol. The van der Waals surface area contributed by atoms with Gasteiger partial charge in [-0.25, -0.2) is 4.68 Å². The maximum absolute atomic E-state index is 12.3. The molecule has 2 aromatic rings. The molecular formula is C17H20N6O. The summed E-state index contributed by atoms with van der Waals surface area (Å²) in [5, 5.41) is 19.3. The number of benzene rings is 1. The van der Waals surface area contributed by atoms with Gasteiger partial charge in [-0.2, -0.15) is 10.2 Å². The number of nitrogens with one attached hydrogen (secondary N) is 1. The van der Waals surface area contributed by atoms with E-state index in [1.165, 1.54) is 0 Å². The normalized spacial score (nSPS) is 15.8. The number of terminal acetylenes is 1. The van der Waals surface area contributed by atoms with E-state index in [1.54, 1.807) is 4.68 Å². The molecule has 124 valence electrons. The minimum absolute atomic E-state index is 0.0117. The SMILES string of the molecule is C#CCCC1(CCNC(=O)C(C)Cn2nnc3ccccc32)N=N1. The first-order chi connectivity index (χ1) is 11.6. The van der Waals surface area contributed by atoms with Crippen molar-refractivity contribution in [3.63, 3.8) is 0 Å². The van der Waals surface area contributed by atoms with E-state index in [1.807, 2.05) is 31.2 Å². The van der Waals surface area contributed by atoms with E-state index in [0.717, 1.165) is 17.5 Å². The van der Waals surface area contributed by atoms with E-state index in [4.69, 9.17) is 6.42 Å². The third-order valence-corrected chi connectivity index (χ3v) is 4.19. The van der Waals surface area contributed by atoms with Crippen LogP contribution >= 0.6 is 0 Å². The lowest BCUT2D eigenvalue weighted by molar-refractivity contribution is -0.124. The van der Waals surface area contributed by atoms with Gasteiger partial charge in [0.1, 0.15) is 5.52 Å². The van der Waals surface area contributed by atoms with Gasteiger partial charge >= 0.3 is 0 Å². The highest BCUT2D eigenvalue weighted by molar-refractivity contribution is 5.79. The van der Waals surface area contributed by atoms with Crippen molar-refractivity contribution in [2.45, 2.75) is 38.4 Å². The molecule has 3 rings (SSSR count). The van der Waals surface area contributed by atoms with Crippen molar-refractivity contribution in [1.29, 1.82) is 0 Å². The molecule has 0 aliphatic carbocycles. The summed E-state index contributed by atoms with van der Waals surface area (Å²) in [5.74, 6) is 2.38. The fourth-order valence-corrected chi connectivity index (χ4v) is 2.62. The van der Waals surface area contributed by atoms with Crippen molar-refractivity contribution in [3.8, 4) is 12.3 Å². The second kappa shape index (κ2) is 6.79. The molecule has 1 aromatic carbocycles. The van der Waals surface area contributed by atoms with Gasteiger partial charge in [-0.1, -0.05) is 24.3 Å². The van der Waals surface area contributed by atoms with Gasteiger partial charge in [0.2, 0.25) is 5.91 Å². The molecule has 1 N–H and O–H groups in total. The van der Waals surface area contributed by atoms with Crippen LogP contribution in [0.4, 0.5) is 0 Å². The highest BCUT2D eigenvalue weighted by atomic mass is 16.1. The minimum atomic E-state index is -0.356. The van der Waals surface area contributed by atoms with Gasteiger partial charge in [0, 0.05) is 25.8 Å². The number of hydrogen-bond acceptors (Lipinski definition) is 5. The Morgan fingerprint density at radius 3 is 2.92 bits per heavy atom. The van der Waals surface area contributed by atoms with Crippen LogP contribution in [0, 0.1) is 18.3 Å². The van der Waals surface area contributed by atoms with Crippen LogP contribution in [0.5, 0.6) is 0 Å². The van der Waals surface area contributed by atoms with Gasteiger partial charge < -0.3 is 5.32 Å². The Morgan fingerprint density at radius 1 is 1.38 bits per heavy atom. The van der Waals surface area contributed by atoms with Crippen LogP contribution in [0.2, 0.25) is 0 Å². The van der Waals surface area contributed by atoms with E-state index in [9.17, 15) is 4.79 Å². The van der Waals surface area contributed by atoms with E-state index in [-0.39, 0.29) is 17.5 Å². The molecule has 0 saturated carbocycles. The van der Waals surface area contributed by atoms with Gasteiger partial charge in [0.25, 0.3) is 0 Å². The summed E-state index contributed by atoms with van der Waals surface area (Å²) in [5.41, 5.74) is 1.41. The summed E-state index contributed by atoms with van der Waals surface area (Å²) in [7, 11) is 0. The Kier molecular flexibility index (Phi) is 4.56. The van der Waals surface area contributed by atoms with E-state index in [0.29, 0.717) is 25.9 Å². The van der Waals surface area contributed by atoms with Crippen LogP contribution in [-0.4, -0.2) is 33.1 Å². The second-order valence-corrected chi connectivity index (χ2v) is 6.09. The van der Waals surface area contributed by atoms with E-state index < -0.39 is 0 Å². The Bertz CT molecular complexity index is 797. The van der Waals surface area contributed by atoms with Crippen LogP contribution in [0.1, 0.15) is 26.2 Å². The molecule has 0 fully saturated rings. The highest BCUT2D eigenvalue weighted by Gasteiger charge is 2.38. The third kappa shape index (κ3) is 3.59. The molecule has 1 aliphatic heterocycles. The zero-order valence-corrected chi connectivity index (χ0v) is 13.6. The van der Waals surface area contributed by atoms with E-state index >= 15 is 0 Å². The van der Waals surface area contributed by atoms with Crippen molar-refractivity contribution in [1.82, 2.24) is 20.3 Å². The molecule has 7 nitrogen and oxygen atoms in total. The molecule has 0 radical (unpaired) electrons. The molecule has 1 aromatic heterocycles. The van der Waals surface area contributed by atoms with Gasteiger partial charge in [-0.05, 0) is 12.1 Å². The fourth-order valence-electron chi connectivity index (χ4n) is 2.62. The number of rotatable bonds is 8. The van der Waals surface area contributed by atoms with Crippen molar-refractivity contribution in [2.24, 2.45) is 16.1 Å². The largest absolute Gasteiger partial charge is 0.356 e. The number of para-hydroxylation sites is 1. The first kappa shape index (κ1) is 16.1. The summed E-state index contributed by atoms with van der Waals surface area (Å²) < 4.78 is 1.76. The molecule has 2 heterocycles. The molecule has 1 aliphatic rings. The van der Waals surface area contributed by atoms with Crippen molar-refractivity contribution >= 4 is 16.9 Å². The number of aromatic nitrogens is 3. The lowest BCUT2D eigenvalue weighted by Crippen LogP contribution is -2.34. The Labute approximate surface area is 140 Å². The van der Waals surface area contributed by atoms with E-state index in [2.05, 4.69) is 31.8 Å². The standard InChI is InChI=1S/C17H20N6O/c1-3-4-9-17(20-21-17)10-11-18-16(24)13(2)12-23-15-8-6-5-7-14(15)19-22-23/h1,5-8,13H,4,9-12H2,2H3,(H,18,24). The molecule has 0 spiro atoms. The van der Waals surface area contributed by atoms with Crippen LogP contribution in [-0.2, 0) is 11.3 Å². The molecule has 24 heavy (non-hydrogen) atoms. The first-order valence-electron chi connectivity index (χ1n) is 8.07. The van der Waals surface area contributed by atoms with Gasteiger partial charge in [-0.15, -0.1) is 17.4 Å². The fraction of sp³-hybridized carbons (Fsp3) is 0.471.